The average molecular weight is 338 g/mol. The summed E-state index contributed by atoms with van der Waals surface area (Å²) in [6.45, 7) is 5.77. The SMILES string of the molecule is CC1CCC(NC(=O)c2ccc(S(=O)(=O)NC(C)C)cc2)CC1. The van der Waals surface area contributed by atoms with Gasteiger partial charge in [0.05, 0.1) is 4.90 Å². The lowest BCUT2D eigenvalue weighted by atomic mass is 9.87. The van der Waals surface area contributed by atoms with Crippen LogP contribution in [0.25, 0.3) is 0 Å². The number of hydrogen-bond acceptors (Lipinski definition) is 3. The lowest BCUT2D eigenvalue weighted by Crippen LogP contribution is -2.37. The van der Waals surface area contributed by atoms with Crippen molar-refractivity contribution in [1.82, 2.24) is 10.0 Å². The Morgan fingerprint density at radius 1 is 1.09 bits per heavy atom. The van der Waals surface area contributed by atoms with E-state index in [0.717, 1.165) is 31.6 Å². The molecule has 2 rings (SSSR count). The molecule has 2 N–H and O–H groups in total. The Kier molecular flexibility index (Phi) is 5.81. The molecule has 0 aliphatic heterocycles. The molecule has 6 heteroatoms. The summed E-state index contributed by atoms with van der Waals surface area (Å²) in [4.78, 5) is 12.4. The van der Waals surface area contributed by atoms with Crippen molar-refractivity contribution in [1.29, 1.82) is 0 Å². The van der Waals surface area contributed by atoms with Gasteiger partial charge in [-0.1, -0.05) is 6.92 Å². The van der Waals surface area contributed by atoms with Crippen LogP contribution in [0.5, 0.6) is 0 Å². The first kappa shape index (κ1) is 17.9. The first-order chi connectivity index (χ1) is 10.8. The van der Waals surface area contributed by atoms with E-state index in [2.05, 4.69) is 17.0 Å². The van der Waals surface area contributed by atoms with Crippen molar-refractivity contribution >= 4 is 15.9 Å². The van der Waals surface area contributed by atoms with Crippen LogP contribution in [0.3, 0.4) is 0 Å². The standard InChI is InChI=1S/C17H26N2O3S/c1-12(2)19-23(21,22)16-10-6-14(7-11-16)17(20)18-15-8-4-13(3)5-9-15/h6-7,10-13,15,19H,4-5,8-9H2,1-3H3,(H,18,20). The Labute approximate surface area is 138 Å². The van der Waals surface area contributed by atoms with Gasteiger partial charge in [-0.05, 0) is 69.7 Å². The molecule has 1 aromatic carbocycles. The lowest BCUT2D eigenvalue weighted by Gasteiger charge is -2.26. The molecule has 0 aromatic heterocycles. The number of rotatable bonds is 5. The molecule has 1 fully saturated rings. The van der Waals surface area contributed by atoms with E-state index in [-0.39, 0.29) is 22.9 Å². The molecule has 1 aromatic rings. The molecular formula is C17H26N2O3S. The summed E-state index contributed by atoms with van der Waals surface area (Å²) >= 11 is 0. The summed E-state index contributed by atoms with van der Waals surface area (Å²) in [6, 6.07) is 6.14. The Balaban J connectivity index is 2.00. The highest BCUT2D eigenvalue weighted by Gasteiger charge is 2.21. The molecule has 1 saturated carbocycles. The molecule has 128 valence electrons. The van der Waals surface area contributed by atoms with Crippen molar-refractivity contribution in [2.24, 2.45) is 5.92 Å². The maximum Gasteiger partial charge on any atom is 0.251 e. The number of carbonyl (C=O) groups is 1. The van der Waals surface area contributed by atoms with Gasteiger partial charge in [-0.15, -0.1) is 0 Å². The number of nitrogens with one attached hydrogen (secondary N) is 2. The Bertz CT molecular complexity index is 630. The highest BCUT2D eigenvalue weighted by molar-refractivity contribution is 7.89. The maximum absolute atomic E-state index is 12.3. The Morgan fingerprint density at radius 3 is 2.17 bits per heavy atom. The number of amides is 1. The van der Waals surface area contributed by atoms with Gasteiger partial charge in [0, 0.05) is 17.6 Å². The van der Waals surface area contributed by atoms with Gasteiger partial charge in [0.2, 0.25) is 10.0 Å². The van der Waals surface area contributed by atoms with E-state index >= 15 is 0 Å². The minimum absolute atomic E-state index is 0.134. The zero-order chi connectivity index (χ0) is 17.0. The molecule has 23 heavy (non-hydrogen) atoms. The molecule has 0 unspecified atom stereocenters. The monoisotopic (exact) mass is 338 g/mol. The number of hydrogen-bond donors (Lipinski definition) is 2. The predicted molar refractivity (Wildman–Crippen MR) is 90.8 cm³/mol. The Hall–Kier alpha value is -1.40. The minimum Gasteiger partial charge on any atom is -0.349 e. The van der Waals surface area contributed by atoms with E-state index in [1.165, 1.54) is 12.1 Å². The van der Waals surface area contributed by atoms with E-state index in [9.17, 15) is 13.2 Å². The zero-order valence-corrected chi connectivity index (χ0v) is 14.8. The van der Waals surface area contributed by atoms with E-state index < -0.39 is 10.0 Å². The van der Waals surface area contributed by atoms with E-state index in [4.69, 9.17) is 0 Å². The largest absolute Gasteiger partial charge is 0.349 e. The molecule has 1 aliphatic carbocycles. The molecule has 5 nitrogen and oxygen atoms in total. The molecule has 0 saturated heterocycles. The van der Waals surface area contributed by atoms with Gasteiger partial charge in [0.1, 0.15) is 0 Å². The van der Waals surface area contributed by atoms with Gasteiger partial charge in [0.15, 0.2) is 0 Å². The van der Waals surface area contributed by atoms with Crippen LogP contribution in [-0.4, -0.2) is 26.4 Å². The second kappa shape index (κ2) is 7.45. The van der Waals surface area contributed by atoms with Crippen molar-refractivity contribution in [2.75, 3.05) is 0 Å². The van der Waals surface area contributed by atoms with Crippen LogP contribution in [0, 0.1) is 5.92 Å². The minimum atomic E-state index is -3.52. The van der Waals surface area contributed by atoms with E-state index in [0.29, 0.717) is 5.56 Å². The van der Waals surface area contributed by atoms with Crippen LogP contribution >= 0.6 is 0 Å². The molecule has 0 spiro atoms. The first-order valence-electron chi connectivity index (χ1n) is 8.21. The quantitative estimate of drug-likeness (QED) is 0.867. The number of carbonyl (C=O) groups excluding carboxylic acids is 1. The van der Waals surface area contributed by atoms with Gasteiger partial charge in [0.25, 0.3) is 5.91 Å². The first-order valence-corrected chi connectivity index (χ1v) is 9.69. The second-order valence-electron chi connectivity index (χ2n) is 6.73. The van der Waals surface area contributed by atoms with Gasteiger partial charge >= 0.3 is 0 Å². The molecule has 1 aliphatic rings. The van der Waals surface area contributed by atoms with Crippen molar-refractivity contribution in [2.45, 2.75) is 63.4 Å². The van der Waals surface area contributed by atoms with Crippen LogP contribution in [-0.2, 0) is 10.0 Å². The van der Waals surface area contributed by atoms with Gasteiger partial charge in [-0.2, -0.15) is 0 Å². The van der Waals surface area contributed by atoms with Crippen LogP contribution in [0.2, 0.25) is 0 Å². The summed E-state index contributed by atoms with van der Waals surface area (Å²) in [7, 11) is -3.52. The van der Waals surface area contributed by atoms with Crippen LogP contribution in [0.15, 0.2) is 29.2 Å². The van der Waals surface area contributed by atoms with E-state index in [1.54, 1.807) is 26.0 Å². The fraction of sp³-hybridized carbons (Fsp3) is 0.588. The second-order valence-corrected chi connectivity index (χ2v) is 8.44. The normalized spacial score (nSPS) is 22.1. The van der Waals surface area contributed by atoms with Gasteiger partial charge < -0.3 is 5.32 Å². The highest BCUT2D eigenvalue weighted by atomic mass is 32.2. The zero-order valence-electron chi connectivity index (χ0n) is 14.0. The number of benzene rings is 1. The predicted octanol–water partition coefficient (Wildman–Crippen LogP) is 2.68. The summed E-state index contributed by atoms with van der Waals surface area (Å²) in [5.74, 6) is 0.603. The Morgan fingerprint density at radius 2 is 1.65 bits per heavy atom. The molecule has 0 atom stereocenters. The van der Waals surface area contributed by atoms with Crippen LogP contribution in [0.1, 0.15) is 56.8 Å². The smallest absolute Gasteiger partial charge is 0.251 e. The van der Waals surface area contributed by atoms with E-state index in [1.807, 2.05) is 0 Å². The maximum atomic E-state index is 12.3. The third-order valence-corrected chi connectivity index (χ3v) is 5.84. The van der Waals surface area contributed by atoms with Gasteiger partial charge in [-0.25, -0.2) is 13.1 Å². The molecular weight excluding hydrogens is 312 g/mol. The lowest BCUT2D eigenvalue weighted by molar-refractivity contribution is 0.0923. The van der Waals surface area contributed by atoms with Crippen molar-refractivity contribution in [3.63, 3.8) is 0 Å². The third-order valence-electron chi connectivity index (χ3n) is 4.17. The molecule has 0 radical (unpaired) electrons. The summed E-state index contributed by atoms with van der Waals surface area (Å²) in [6.07, 6.45) is 4.31. The molecule has 0 heterocycles. The highest BCUT2D eigenvalue weighted by Crippen LogP contribution is 2.23. The average Bonchev–Trinajstić information content (AvgIpc) is 2.48. The number of sulfonamides is 1. The van der Waals surface area contributed by atoms with Crippen molar-refractivity contribution in [3.8, 4) is 0 Å². The molecule has 1 amide bonds. The van der Waals surface area contributed by atoms with Crippen LogP contribution in [0.4, 0.5) is 0 Å². The summed E-state index contributed by atoms with van der Waals surface area (Å²) in [5, 5.41) is 3.04. The van der Waals surface area contributed by atoms with Crippen molar-refractivity contribution in [3.05, 3.63) is 29.8 Å². The summed E-state index contributed by atoms with van der Waals surface area (Å²) in [5.41, 5.74) is 0.493. The molecule has 0 bridgehead atoms. The fourth-order valence-corrected chi connectivity index (χ4v) is 4.09. The van der Waals surface area contributed by atoms with Crippen molar-refractivity contribution < 1.29 is 13.2 Å². The van der Waals surface area contributed by atoms with Crippen LogP contribution < -0.4 is 10.0 Å². The summed E-state index contributed by atoms with van der Waals surface area (Å²) < 4.78 is 26.6. The van der Waals surface area contributed by atoms with Gasteiger partial charge in [-0.3, -0.25) is 4.79 Å². The third kappa shape index (κ3) is 5.04. The fourth-order valence-electron chi connectivity index (χ4n) is 2.84. The topological polar surface area (TPSA) is 75.3 Å².